The van der Waals surface area contributed by atoms with Crippen LogP contribution in [0.5, 0.6) is 0 Å². The number of carbonyl (C=O) groups is 1. The van der Waals surface area contributed by atoms with Gasteiger partial charge in [-0.3, -0.25) is 9.52 Å². The summed E-state index contributed by atoms with van der Waals surface area (Å²) in [6, 6.07) is 6.17. The van der Waals surface area contributed by atoms with E-state index in [4.69, 9.17) is 5.11 Å². The number of aromatic nitrogens is 2. The van der Waals surface area contributed by atoms with Crippen molar-refractivity contribution in [2.45, 2.75) is 18.2 Å². The Balaban J connectivity index is 1.73. The van der Waals surface area contributed by atoms with Gasteiger partial charge in [-0.25, -0.2) is 18.4 Å². The lowest BCUT2D eigenvalue weighted by Crippen LogP contribution is -2.12. The minimum Gasteiger partial charge on any atom is -0.481 e. The van der Waals surface area contributed by atoms with Crippen molar-refractivity contribution in [3.63, 3.8) is 0 Å². The summed E-state index contributed by atoms with van der Waals surface area (Å²) in [6.45, 7) is 1.75. The Morgan fingerprint density at radius 2 is 1.96 bits per heavy atom. The van der Waals surface area contributed by atoms with Crippen molar-refractivity contribution in [3.05, 3.63) is 46.4 Å². The maximum atomic E-state index is 12.3. The lowest BCUT2D eigenvalue weighted by atomic mass is 10.3. The van der Waals surface area contributed by atoms with Crippen molar-refractivity contribution in [1.82, 2.24) is 9.97 Å². The number of thiazole rings is 2. The summed E-state index contributed by atoms with van der Waals surface area (Å²) < 4.78 is 27.0. The van der Waals surface area contributed by atoms with E-state index in [9.17, 15) is 13.2 Å². The van der Waals surface area contributed by atoms with Crippen molar-refractivity contribution >= 4 is 54.6 Å². The molecule has 0 amide bonds. The molecule has 0 fully saturated rings. The highest BCUT2D eigenvalue weighted by Crippen LogP contribution is 2.27. The van der Waals surface area contributed by atoms with E-state index >= 15 is 0 Å². The molecular formula is C15H14N4O4S3. The lowest BCUT2D eigenvalue weighted by molar-refractivity contribution is -0.136. The highest BCUT2D eigenvalue weighted by atomic mass is 32.2. The van der Waals surface area contributed by atoms with E-state index in [-0.39, 0.29) is 11.3 Å². The molecule has 0 saturated carbocycles. The third kappa shape index (κ3) is 4.36. The Morgan fingerprint density at radius 1 is 1.23 bits per heavy atom. The zero-order chi connectivity index (χ0) is 18.7. The van der Waals surface area contributed by atoms with Gasteiger partial charge in [0, 0.05) is 22.1 Å². The molecule has 1 aromatic carbocycles. The Labute approximate surface area is 157 Å². The number of carboxylic acid groups (broad SMARTS) is 1. The average molecular weight is 411 g/mol. The van der Waals surface area contributed by atoms with Crippen LogP contribution >= 0.6 is 22.7 Å². The molecule has 0 spiro atoms. The molecule has 26 heavy (non-hydrogen) atoms. The third-order valence-corrected chi connectivity index (χ3v) is 6.52. The summed E-state index contributed by atoms with van der Waals surface area (Å²) in [7, 11) is -3.70. The number of benzene rings is 1. The SMILES string of the molecule is Cc1nc(Nc2ccc(S(=O)(=O)Nc3nccs3)cc2)sc1CC(=O)O. The van der Waals surface area contributed by atoms with Gasteiger partial charge in [-0.2, -0.15) is 0 Å². The first kappa shape index (κ1) is 18.3. The number of aryl methyl sites for hydroxylation is 1. The monoisotopic (exact) mass is 410 g/mol. The molecule has 136 valence electrons. The molecule has 0 aliphatic carbocycles. The normalized spacial score (nSPS) is 11.3. The first-order valence-electron chi connectivity index (χ1n) is 7.31. The van der Waals surface area contributed by atoms with Gasteiger partial charge in [0.05, 0.1) is 17.0 Å². The van der Waals surface area contributed by atoms with Crippen LogP contribution in [0.15, 0.2) is 40.7 Å². The zero-order valence-corrected chi connectivity index (χ0v) is 15.9. The summed E-state index contributed by atoms with van der Waals surface area (Å²) in [5, 5.41) is 14.5. The Bertz CT molecular complexity index is 1010. The number of anilines is 3. The number of hydrogen-bond acceptors (Lipinski definition) is 8. The van der Waals surface area contributed by atoms with Gasteiger partial charge >= 0.3 is 5.97 Å². The molecule has 3 N–H and O–H groups in total. The molecule has 0 bridgehead atoms. The summed E-state index contributed by atoms with van der Waals surface area (Å²) in [5.41, 5.74) is 1.31. The highest BCUT2D eigenvalue weighted by Gasteiger charge is 2.16. The second-order valence-corrected chi connectivity index (χ2v) is 8.85. The van der Waals surface area contributed by atoms with Crippen molar-refractivity contribution in [2.24, 2.45) is 0 Å². The fourth-order valence-corrected chi connectivity index (χ4v) is 4.83. The van der Waals surface area contributed by atoms with Gasteiger partial charge in [0.1, 0.15) is 0 Å². The Morgan fingerprint density at radius 3 is 2.58 bits per heavy atom. The minimum absolute atomic E-state index is 0.0786. The summed E-state index contributed by atoms with van der Waals surface area (Å²) in [5.74, 6) is -0.911. The first-order chi connectivity index (χ1) is 12.3. The van der Waals surface area contributed by atoms with Crippen LogP contribution in [-0.2, 0) is 21.2 Å². The fraction of sp³-hybridized carbons (Fsp3) is 0.133. The molecular weight excluding hydrogens is 396 g/mol. The number of nitrogens with zero attached hydrogens (tertiary/aromatic N) is 2. The van der Waals surface area contributed by atoms with Crippen LogP contribution in [0.4, 0.5) is 16.0 Å². The maximum Gasteiger partial charge on any atom is 0.308 e. The van der Waals surface area contributed by atoms with Crippen LogP contribution < -0.4 is 10.0 Å². The largest absolute Gasteiger partial charge is 0.481 e. The lowest BCUT2D eigenvalue weighted by Gasteiger charge is -2.07. The van der Waals surface area contributed by atoms with Crippen molar-refractivity contribution in [3.8, 4) is 0 Å². The van der Waals surface area contributed by atoms with E-state index in [0.717, 1.165) is 0 Å². The summed E-state index contributed by atoms with van der Waals surface area (Å²) in [4.78, 5) is 19.8. The van der Waals surface area contributed by atoms with E-state index in [1.807, 2.05) is 0 Å². The van der Waals surface area contributed by atoms with Gasteiger partial charge in [0.2, 0.25) is 0 Å². The van der Waals surface area contributed by atoms with Crippen molar-refractivity contribution < 1.29 is 18.3 Å². The standard InChI is InChI=1S/C15H14N4O4S3/c1-9-12(8-13(20)21)25-15(17-9)18-10-2-4-11(5-3-10)26(22,23)19-14-16-6-7-24-14/h2-7H,8H2,1H3,(H,16,19)(H,17,18)(H,20,21). The van der Waals surface area contributed by atoms with Crippen LogP contribution in [0.25, 0.3) is 0 Å². The smallest absolute Gasteiger partial charge is 0.308 e. The number of aliphatic carboxylic acids is 1. The Kier molecular flexibility index (Phi) is 5.20. The van der Waals surface area contributed by atoms with Gasteiger partial charge in [0.15, 0.2) is 10.3 Å². The van der Waals surface area contributed by atoms with E-state index in [2.05, 4.69) is 20.0 Å². The van der Waals surface area contributed by atoms with Crippen molar-refractivity contribution in [1.29, 1.82) is 0 Å². The van der Waals surface area contributed by atoms with E-state index in [1.165, 1.54) is 41.0 Å². The summed E-state index contributed by atoms with van der Waals surface area (Å²) in [6.07, 6.45) is 1.44. The number of hydrogen-bond donors (Lipinski definition) is 3. The Hall–Kier alpha value is -2.50. The number of rotatable bonds is 7. The zero-order valence-electron chi connectivity index (χ0n) is 13.5. The van der Waals surface area contributed by atoms with E-state index in [0.29, 0.717) is 26.5 Å². The average Bonchev–Trinajstić information content (AvgIpc) is 3.17. The molecule has 0 aliphatic rings. The third-order valence-electron chi connectivity index (χ3n) is 3.27. The molecule has 2 heterocycles. The topological polar surface area (TPSA) is 121 Å². The fourth-order valence-electron chi connectivity index (χ4n) is 2.07. The minimum atomic E-state index is -3.70. The van der Waals surface area contributed by atoms with Crippen LogP contribution in [0.2, 0.25) is 0 Å². The molecule has 3 aromatic rings. The van der Waals surface area contributed by atoms with Gasteiger partial charge in [-0.05, 0) is 31.2 Å². The molecule has 2 aromatic heterocycles. The number of carboxylic acids is 1. The van der Waals surface area contributed by atoms with Crippen LogP contribution in [-0.4, -0.2) is 29.5 Å². The second kappa shape index (κ2) is 7.40. The molecule has 0 saturated heterocycles. The van der Waals surface area contributed by atoms with Gasteiger partial charge in [0.25, 0.3) is 10.0 Å². The molecule has 0 atom stereocenters. The second-order valence-electron chi connectivity index (χ2n) is 5.19. The van der Waals surface area contributed by atoms with Gasteiger partial charge in [-0.15, -0.1) is 22.7 Å². The van der Waals surface area contributed by atoms with Crippen LogP contribution in [0.1, 0.15) is 10.6 Å². The maximum absolute atomic E-state index is 12.3. The predicted molar refractivity (Wildman–Crippen MR) is 101 cm³/mol. The molecule has 3 rings (SSSR count). The van der Waals surface area contributed by atoms with Crippen LogP contribution in [0, 0.1) is 6.92 Å². The summed E-state index contributed by atoms with van der Waals surface area (Å²) >= 11 is 2.45. The predicted octanol–water partition coefficient (Wildman–Crippen LogP) is 3.08. The van der Waals surface area contributed by atoms with Crippen molar-refractivity contribution in [2.75, 3.05) is 10.0 Å². The molecule has 0 aliphatic heterocycles. The molecule has 0 unspecified atom stereocenters. The molecule has 0 radical (unpaired) electrons. The van der Waals surface area contributed by atoms with E-state index < -0.39 is 16.0 Å². The number of sulfonamides is 1. The highest BCUT2D eigenvalue weighted by molar-refractivity contribution is 7.93. The first-order valence-corrected chi connectivity index (χ1v) is 10.5. The number of nitrogens with one attached hydrogen (secondary N) is 2. The van der Waals surface area contributed by atoms with Crippen LogP contribution in [0.3, 0.4) is 0 Å². The van der Waals surface area contributed by atoms with E-state index in [1.54, 1.807) is 24.4 Å². The van der Waals surface area contributed by atoms with Gasteiger partial charge in [-0.1, -0.05) is 0 Å². The quantitative estimate of drug-likeness (QED) is 0.547. The van der Waals surface area contributed by atoms with Gasteiger partial charge < -0.3 is 10.4 Å². The molecule has 8 nitrogen and oxygen atoms in total. The molecule has 11 heteroatoms.